The Hall–Kier alpha value is -3.22. The lowest BCUT2D eigenvalue weighted by molar-refractivity contribution is -0.173. The molecule has 0 bridgehead atoms. The fraction of sp³-hybridized carbons (Fsp3) is 0.722. The largest absolute Gasteiger partial charge is 0.471 e. The van der Waals surface area contributed by atoms with Crippen LogP contribution < -0.4 is 21.3 Å². The molecule has 0 aliphatic carbocycles. The molecule has 0 fully saturated rings. The average molecular weight is 817 g/mol. The van der Waals surface area contributed by atoms with Gasteiger partial charge in [-0.1, -0.05) is 11.8 Å². The zero-order valence-electron chi connectivity index (χ0n) is 31.3. The first-order valence-electron chi connectivity index (χ1n) is 17.5. The highest BCUT2D eigenvalue weighted by atomic mass is 32.2. The minimum Gasteiger partial charge on any atom is -0.348 e. The number of carbonyl (C=O) groups excluding carboxylic acids is 6. The standard InChI is InChI=1S/C36H52F6N4O6S2/c1-7-19-53(5)21-15-26(25(3)47)23-31(49)29(14-10-12-18-45-34(52)36(40,41)42)46-32(50)27(16-22-54(6)20-8-2)24-30(48)28(43-4)13-9-11-17-44-33(51)35(37,38)39/h1-2,26-29,43H,9-24H2,3-6H3,(H-2,44,45,46,50,51,52)/p+2/t26-,27-,28+,29+,53?,54?/m1/s1. The number of Topliss-reactive ketones (excluding diaryl/α,β-unsaturated/α-hetero) is 3. The van der Waals surface area contributed by atoms with Crippen LogP contribution in [0.1, 0.15) is 71.1 Å². The van der Waals surface area contributed by atoms with Crippen molar-refractivity contribution in [2.24, 2.45) is 11.8 Å². The first kappa shape index (κ1) is 50.8. The molecule has 0 radical (unpaired) electrons. The van der Waals surface area contributed by atoms with Gasteiger partial charge in [-0.15, -0.1) is 12.8 Å². The summed E-state index contributed by atoms with van der Waals surface area (Å²) in [7, 11) is 1.03. The number of hydrogen-bond acceptors (Lipinski definition) is 7. The number of nitrogens with one attached hydrogen (secondary N) is 4. The quantitative estimate of drug-likeness (QED) is 0.0411. The van der Waals surface area contributed by atoms with E-state index in [1.165, 1.54) is 14.0 Å². The molecular weight excluding hydrogens is 763 g/mol. The Balaban J connectivity index is 5.98. The molecule has 0 aliphatic heterocycles. The minimum atomic E-state index is -5.06. The van der Waals surface area contributed by atoms with Gasteiger partial charge in [-0.3, -0.25) is 28.8 Å². The topological polar surface area (TPSA) is 151 Å². The molecule has 10 nitrogen and oxygen atoms in total. The van der Waals surface area contributed by atoms with Gasteiger partial charge < -0.3 is 21.3 Å². The normalized spacial score (nSPS) is 15.0. The summed E-state index contributed by atoms with van der Waals surface area (Å²) in [4.78, 5) is 75.7. The first-order valence-corrected chi connectivity index (χ1v) is 21.4. The monoisotopic (exact) mass is 816 g/mol. The second-order valence-corrected chi connectivity index (χ2v) is 17.5. The molecule has 0 aromatic heterocycles. The molecule has 306 valence electrons. The second-order valence-electron chi connectivity index (χ2n) is 13.0. The van der Waals surface area contributed by atoms with Crippen molar-refractivity contribution in [2.45, 2.75) is 95.6 Å². The van der Waals surface area contributed by atoms with E-state index in [2.05, 4.69) is 22.5 Å². The van der Waals surface area contributed by atoms with E-state index >= 15 is 0 Å². The van der Waals surface area contributed by atoms with E-state index in [0.29, 0.717) is 29.4 Å². The maximum Gasteiger partial charge on any atom is 0.471 e. The molecular formula is C36H54F6N4O6S2+2. The van der Waals surface area contributed by atoms with Crippen molar-refractivity contribution in [1.82, 2.24) is 21.3 Å². The van der Waals surface area contributed by atoms with E-state index in [1.54, 1.807) is 10.6 Å². The second kappa shape index (κ2) is 26.6. The Kier molecular flexibility index (Phi) is 25.0. The Morgan fingerprint density at radius 2 is 1.06 bits per heavy atom. The van der Waals surface area contributed by atoms with Gasteiger partial charge in [0.25, 0.3) is 0 Å². The summed E-state index contributed by atoms with van der Waals surface area (Å²) < 4.78 is 75.1. The highest BCUT2D eigenvalue weighted by Gasteiger charge is 2.39. The van der Waals surface area contributed by atoms with E-state index < -0.39 is 59.8 Å². The number of rotatable bonds is 28. The van der Waals surface area contributed by atoms with Crippen LogP contribution in [0.2, 0.25) is 0 Å². The van der Waals surface area contributed by atoms with Gasteiger partial charge in [0.05, 0.1) is 24.6 Å². The van der Waals surface area contributed by atoms with Crippen LogP contribution in [0, 0.1) is 36.5 Å². The Morgan fingerprint density at radius 3 is 1.46 bits per heavy atom. The van der Waals surface area contributed by atoms with Crippen LogP contribution in [0.5, 0.6) is 0 Å². The van der Waals surface area contributed by atoms with E-state index in [4.69, 9.17) is 12.8 Å². The van der Waals surface area contributed by atoms with Crippen LogP contribution in [0.25, 0.3) is 0 Å². The summed E-state index contributed by atoms with van der Waals surface area (Å²) >= 11 is 0. The number of halogens is 6. The Morgan fingerprint density at radius 1 is 0.648 bits per heavy atom. The number of amides is 3. The SMILES string of the molecule is C#CC[S+](C)CC[C@H](CC(=O)[C@H](CCCCNC(=O)C(F)(F)F)NC(=O)[C@H](CC[S+](C)CC#C)CC(=O)[C@H](CCCCNC(=O)C(F)(F)F)NC)C(C)=O. The van der Waals surface area contributed by atoms with Gasteiger partial charge in [0, 0.05) is 50.6 Å². The van der Waals surface area contributed by atoms with Gasteiger partial charge in [-0.2, -0.15) is 26.3 Å². The Bertz CT molecular complexity index is 1320. The Labute approximate surface area is 320 Å². The lowest BCUT2D eigenvalue weighted by Crippen LogP contribution is -2.46. The van der Waals surface area contributed by atoms with Crippen molar-refractivity contribution in [1.29, 1.82) is 0 Å². The molecule has 0 aromatic carbocycles. The zero-order chi connectivity index (χ0) is 41.5. The zero-order valence-corrected chi connectivity index (χ0v) is 32.9. The lowest BCUT2D eigenvalue weighted by atomic mass is 9.90. The molecule has 0 aromatic rings. The van der Waals surface area contributed by atoms with Crippen molar-refractivity contribution in [3.8, 4) is 24.7 Å². The molecule has 0 saturated heterocycles. The fourth-order valence-corrected chi connectivity index (χ4v) is 7.51. The molecule has 18 heteroatoms. The molecule has 0 aliphatic rings. The van der Waals surface area contributed by atoms with Gasteiger partial charge >= 0.3 is 24.2 Å². The molecule has 2 unspecified atom stereocenters. The predicted molar refractivity (Wildman–Crippen MR) is 200 cm³/mol. The number of alkyl halides is 6. The van der Waals surface area contributed by atoms with Crippen LogP contribution >= 0.6 is 0 Å². The van der Waals surface area contributed by atoms with Crippen LogP contribution in [0.15, 0.2) is 0 Å². The summed E-state index contributed by atoms with van der Waals surface area (Å²) in [6.45, 7) is 0.782. The van der Waals surface area contributed by atoms with Crippen LogP contribution in [-0.2, 0) is 50.6 Å². The third-order valence-electron chi connectivity index (χ3n) is 8.50. The fourth-order valence-electron chi connectivity index (χ4n) is 5.28. The van der Waals surface area contributed by atoms with Gasteiger partial charge in [0.1, 0.15) is 17.3 Å². The smallest absolute Gasteiger partial charge is 0.348 e. The van der Waals surface area contributed by atoms with Crippen molar-refractivity contribution >= 4 is 56.9 Å². The number of carbonyl (C=O) groups is 6. The number of unbranched alkanes of at least 4 members (excludes halogenated alkanes) is 2. The average Bonchev–Trinajstić information content (AvgIpc) is 3.07. The maximum atomic E-state index is 13.8. The van der Waals surface area contributed by atoms with Crippen LogP contribution in [-0.4, -0.2) is 115 Å². The van der Waals surface area contributed by atoms with Crippen molar-refractivity contribution in [3.63, 3.8) is 0 Å². The molecule has 0 spiro atoms. The summed E-state index contributed by atoms with van der Waals surface area (Å²) in [5.74, 6) is -0.225. The van der Waals surface area contributed by atoms with E-state index in [1.807, 2.05) is 12.5 Å². The minimum absolute atomic E-state index is 0.00768. The summed E-state index contributed by atoms with van der Waals surface area (Å²) in [6.07, 6.45) is 5.63. The molecule has 0 rings (SSSR count). The summed E-state index contributed by atoms with van der Waals surface area (Å²) in [5, 5.41) is 9.13. The first-order chi connectivity index (χ1) is 25.2. The third-order valence-corrected chi connectivity index (χ3v) is 11.7. The molecule has 6 atom stereocenters. The number of terminal acetylenes is 2. The van der Waals surface area contributed by atoms with Gasteiger partial charge in [-0.25, -0.2) is 0 Å². The van der Waals surface area contributed by atoms with Gasteiger partial charge in [-0.05, 0) is 74.3 Å². The number of hydrogen-bond donors (Lipinski definition) is 4. The number of ketones is 3. The molecule has 0 heterocycles. The maximum absolute atomic E-state index is 13.8. The van der Waals surface area contributed by atoms with E-state index in [9.17, 15) is 55.1 Å². The van der Waals surface area contributed by atoms with Gasteiger partial charge in [0.2, 0.25) is 5.91 Å². The van der Waals surface area contributed by atoms with Crippen LogP contribution in [0.3, 0.4) is 0 Å². The van der Waals surface area contributed by atoms with E-state index in [0.717, 1.165) is 0 Å². The molecule has 54 heavy (non-hydrogen) atoms. The summed E-state index contributed by atoms with van der Waals surface area (Å²) in [5.41, 5.74) is 0. The third kappa shape index (κ3) is 22.2. The van der Waals surface area contributed by atoms with Crippen molar-refractivity contribution in [2.75, 3.05) is 55.7 Å². The van der Waals surface area contributed by atoms with E-state index in [-0.39, 0.29) is 104 Å². The van der Waals surface area contributed by atoms with Crippen molar-refractivity contribution < 1.29 is 55.1 Å². The number of likely N-dealkylation sites (N-methyl/N-ethyl adjacent to an activating group) is 1. The highest BCUT2D eigenvalue weighted by molar-refractivity contribution is 7.96. The predicted octanol–water partition coefficient (Wildman–Crippen LogP) is 3.04. The molecule has 0 saturated carbocycles. The van der Waals surface area contributed by atoms with Crippen molar-refractivity contribution in [3.05, 3.63) is 0 Å². The molecule has 3 amide bonds. The van der Waals surface area contributed by atoms with Gasteiger partial charge in [0.15, 0.2) is 23.1 Å². The highest BCUT2D eigenvalue weighted by Crippen LogP contribution is 2.20. The molecule has 4 N–H and O–H groups in total. The lowest BCUT2D eigenvalue weighted by Gasteiger charge is -2.24. The van der Waals surface area contributed by atoms with Crippen LogP contribution in [0.4, 0.5) is 26.3 Å². The summed E-state index contributed by atoms with van der Waals surface area (Å²) in [6, 6.07) is -1.90.